The van der Waals surface area contributed by atoms with Gasteiger partial charge in [0.1, 0.15) is 4.60 Å². The zero-order valence-corrected chi connectivity index (χ0v) is 7.92. The number of aromatic nitrogens is 1. The number of carbonyl (C=O) groups is 1. The normalized spacial score (nSPS) is 9.50. The van der Waals surface area contributed by atoms with E-state index in [0.29, 0.717) is 10.3 Å². The lowest BCUT2D eigenvalue weighted by Gasteiger charge is -2.03. The minimum atomic E-state index is -0.970. The summed E-state index contributed by atoms with van der Waals surface area (Å²) in [5, 5.41) is 11.5. The van der Waals surface area contributed by atoms with E-state index in [9.17, 15) is 4.79 Å². The molecule has 0 bridgehead atoms. The van der Waals surface area contributed by atoms with E-state index >= 15 is 0 Å². The predicted molar refractivity (Wildman–Crippen MR) is 48.4 cm³/mol. The minimum absolute atomic E-state index is 0.208. The van der Waals surface area contributed by atoms with E-state index in [1.54, 1.807) is 7.05 Å². The third-order valence-electron chi connectivity index (χ3n) is 1.37. The molecule has 12 heavy (non-hydrogen) atoms. The van der Waals surface area contributed by atoms with Crippen LogP contribution in [0, 0.1) is 0 Å². The lowest BCUT2D eigenvalue weighted by Crippen LogP contribution is -2.03. The van der Waals surface area contributed by atoms with E-state index in [-0.39, 0.29) is 5.56 Å². The molecule has 0 aliphatic rings. The summed E-state index contributed by atoms with van der Waals surface area (Å²) in [7, 11) is 1.65. The second kappa shape index (κ2) is 3.53. The molecule has 0 radical (unpaired) electrons. The van der Waals surface area contributed by atoms with Crippen LogP contribution in [0.1, 0.15) is 10.4 Å². The number of anilines is 1. The van der Waals surface area contributed by atoms with Gasteiger partial charge in [0.15, 0.2) is 0 Å². The molecule has 4 nitrogen and oxygen atoms in total. The van der Waals surface area contributed by atoms with Gasteiger partial charge >= 0.3 is 5.97 Å². The molecule has 5 heteroatoms. The molecule has 0 aromatic carbocycles. The summed E-state index contributed by atoms with van der Waals surface area (Å²) >= 11 is 3.09. The summed E-state index contributed by atoms with van der Waals surface area (Å²) in [5.41, 5.74) is 0.713. The fourth-order valence-electron chi connectivity index (χ4n) is 0.806. The van der Waals surface area contributed by atoms with Gasteiger partial charge in [-0.3, -0.25) is 0 Å². The van der Waals surface area contributed by atoms with Crippen LogP contribution in [0.2, 0.25) is 0 Å². The molecule has 0 aliphatic carbocycles. The molecule has 0 unspecified atom stereocenters. The predicted octanol–water partition coefficient (Wildman–Crippen LogP) is 1.58. The van der Waals surface area contributed by atoms with Gasteiger partial charge in [0, 0.05) is 7.05 Å². The fraction of sp³-hybridized carbons (Fsp3) is 0.143. The number of rotatable bonds is 2. The highest BCUT2D eigenvalue weighted by Crippen LogP contribution is 2.17. The smallest absolute Gasteiger partial charge is 0.337 e. The van der Waals surface area contributed by atoms with E-state index in [4.69, 9.17) is 5.11 Å². The van der Waals surface area contributed by atoms with Crippen molar-refractivity contribution in [1.29, 1.82) is 0 Å². The molecule has 0 aliphatic heterocycles. The van der Waals surface area contributed by atoms with Crippen LogP contribution >= 0.6 is 15.9 Å². The first-order valence-corrected chi connectivity index (χ1v) is 4.01. The maximum atomic E-state index is 10.6. The van der Waals surface area contributed by atoms with Gasteiger partial charge in [0.25, 0.3) is 0 Å². The number of nitrogens with one attached hydrogen (secondary N) is 1. The third kappa shape index (κ3) is 1.73. The zero-order chi connectivity index (χ0) is 9.14. The van der Waals surface area contributed by atoms with E-state index in [1.807, 2.05) is 0 Å². The summed E-state index contributed by atoms with van der Waals surface area (Å²) in [6.07, 6.45) is 1.47. The Bertz CT molecular complexity index is 314. The summed E-state index contributed by atoms with van der Waals surface area (Å²) in [6.45, 7) is 0. The molecular formula is C7H7BrN2O2. The molecule has 0 amide bonds. The average molecular weight is 231 g/mol. The van der Waals surface area contributed by atoms with Crippen molar-refractivity contribution in [2.75, 3.05) is 12.4 Å². The van der Waals surface area contributed by atoms with Gasteiger partial charge in [-0.2, -0.15) is 0 Å². The van der Waals surface area contributed by atoms with Crippen molar-refractivity contribution in [3.8, 4) is 0 Å². The van der Waals surface area contributed by atoms with E-state index < -0.39 is 5.97 Å². The van der Waals surface area contributed by atoms with Crippen LogP contribution in [0.15, 0.2) is 16.9 Å². The molecule has 1 aromatic rings. The topological polar surface area (TPSA) is 62.2 Å². The lowest BCUT2D eigenvalue weighted by molar-refractivity contribution is 0.0697. The SMILES string of the molecule is CNc1cnc(Br)cc1C(=O)O. The summed E-state index contributed by atoms with van der Waals surface area (Å²) in [6, 6.07) is 1.45. The summed E-state index contributed by atoms with van der Waals surface area (Å²) < 4.78 is 0.513. The Kier molecular flexibility index (Phi) is 2.65. The van der Waals surface area contributed by atoms with Gasteiger partial charge in [-0.05, 0) is 22.0 Å². The quantitative estimate of drug-likeness (QED) is 0.758. The number of hydrogen-bond donors (Lipinski definition) is 2. The van der Waals surface area contributed by atoms with Gasteiger partial charge in [0.2, 0.25) is 0 Å². The van der Waals surface area contributed by atoms with Gasteiger partial charge in [0.05, 0.1) is 17.4 Å². The second-order valence-corrected chi connectivity index (χ2v) is 2.92. The van der Waals surface area contributed by atoms with Crippen LogP contribution in [0.5, 0.6) is 0 Å². The number of hydrogen-bond acceptors (Lipinski definition) is 3. The average Bonchev–Trinajstić information content (AvgIpc) is 2.04. The molecule has 1 heterocycles. The van der Waals surface area contributed by atoms with Crippen LogP contribution in [-0.4, -0.2) is 23.1 Å². The number of carboxylic acid groups (broad SMARTS) is 1. The number of halogens is 1. The van der Waals surface area contributed by atoms with Crippen molar-refractivity contribution in [3.63, 3.8) is 0 Å². The molecule has 1 aromatic heterocycles. The van der Waals surface area contributed by atoms with E-state index in [0.717, 1.165) is 0 Å². The maximum absolute atomic E-state index is 10.6. The first-order valence-electron chi connectivity index (χ1n) is 3.21. The van der Waals surface area contributed by atoms with Crippen molar-refractivity contribution in [3.05, 3.63) is 22.4 Å². The molecule has 0 spiro atoms. The van der Waals surface area contributed by atoms with Crippen molar-refractivity contribution in [1.82, 2.24) is 4.98 Å². The third-order valence-corrected chi connectivity index (χ3v) is 1.80. The van der Waals surface area contributed by atoms with Crippen molar-refractivity contribution in [2.45, 2.75) is 0 Å². The second-order valence-electron chi connectivity index (χ2n) is 2.11. The Morgan fingerprint density at radius 2 is 2.42 bits per heavy atom. The standard InChI is InChI=1S/C7H7BrN2O2/c1-9-5-3-10-6(8)2-4(5)7(11)12/h2-3,9H,1H3,(H,11,12). The summed E-state index contributed by atoms with van der Waals surface area (Å²) in [4.78, 5) is 14.5. The highest BCUT2D eigenvalue weighted by atomic mass is 79.9. The summed E-state index contributed by atoms with van der Waals surface area (Å²) in [5.74, 6) is -0.970. The Balaban J connectivity index is 3.21. The van der Waals surface area contributed by atoms with Crippen molar-refractivity contribution < 1.29 is 9.90 Å². The van der Waals surface area contributed by atoms with Gasteiger partial charge in [-0.1, -0.05) is 0 Å². The maximum Gasteiger partial charge on any atom is 0.337 e. The van der Waals surface area contributed by atoms with Gasteiger partial charge in [-0.25, -0.2) is 9.78 Å². The molecule has 64 valence electrons. The van der Waals surface area contributed by atoms with Crippen LogP contribution < -0.4 is 5.32 Å². The molecular weight excluding hydrogens is 224 g/mol. The van der Waals surface area contributed by atoms with Crippen LogP contribution in [-0.2, 0) is 0 Å². The van der Waals surface area contributed by atoms with Crippen LogP contribution in [0.25, 0.3) is 0 Å². The molecule has 0 saturated heterocycles. The Labute approximate surface area is 77.8 Å². The van der Waals surface area contributed by atoms with E-state index in [1.165, 1.54) is 12.3 Å². The molecule has 2 N–H and O–H groups in total. The number of pyridine rings is 1. The van der Waals surface area contributed by atoms with Gasteiger partial charge in [-0.15, -0.1) is 0 Å². The Morgan fingerprint density at radius 1 is 1.75 bits per heavy atom. The van der Waals surface area contributed by atoms with Gasteiger partial charge < -0.3 is 10.4 Å². The van der Waals surface area contributed by atoms with Crippen molar-refractivity contribution >= 4 is 27.6 Å². The van der Waals surface area contributed by atoms with Crippen LogP contribution in [0.4, 0.5) is 5.69 Å². The monoisotopic (exact) mass is 230 g/mol. The first kappa shape index (κ1) is 8.99. The number of carboxylic acids is 1. The van der Waals surface area contributed by atoms with Crippen LogP contribution in [0.3, 0.4) is 0 Å². The fourth-order valence-corrected chi connectivity index (χ4v) is 1.14. The van der Waals surface area contributed by atoms with E-state index in [2.05, 4.69) is 26.2 Å². The molecule has 1 rings (SSSR count). The number of nitrogens with zero attached hydrogens (tertiary/aromatic N) is 1. The lowest BCUT2D eigenvalue weighted by atomic mass is 10.2. The minimum Gasteiger partial charge on any atom is -0.478 e. The number of aromatic carboxylic acids is 1. The Hall–Kier alpha value is -1.10. The molecule has 0 saturated carbocycles. The molecule has 0 fully saturated rings. The molecule has 0 atom stereocenters. The Morgan fingerprint density at radius 3 is 2.92 bits per heavy atom. The largest absolute Gasteiger partial charge is 0.478 e. The highest BCUT2D eigenvalue weighted by Gasteiger charge is 2.09. The first-order chi connectivity index (χ1) is 5.65. The highest BCUT2D eigenvalue weighted by molar-refractivity contribution is 9.10. The van der Waals surface area contributed by atoms with Crippen molar-refractivity contribution in [2.24, 2.45) is 0 Å². The zero-order valence-electron chi connectivity index (χ0n) is 6.34.